The maximum absolute atomic E-state index is 12.4. The Balaban J connectivity index is 2.05. The fourth-order valence-electron chi connectivity index (χ4n) is 2.59. The smallest absolute Gasteiger partial charge is 0.284 e. The Morgan fingerprint density at radius 3 is 2.70 bits per heavy atom. The Kier molecular flexibility index (Phi) is 6.22. The summed E-state index contributed by atoms with van der Waals surface area (Å²) in [5.41, 5.74) is 3.00. The van der Waals surface area contributed by atoms with Gasteiger partial charge < -0.3 is 4.74 Å². The number of aromatic nitrogens is 2. The summed E-state index contributed by atoms with van der Waals surface area (Å²) < 4.78 is 6.97. The van der Waals surface area contributed by atoms with Crippen molar-refractivity contribution in [2.75, 3.05) is 6.61 Å². The number of aryl methyl sites for hydroxylation is 1. The van der Waals surface area contributed by atoms with Gasteiger partial charge in [-0.2, -0.15) is 5.10 Å². The van der Waals surface area contributed by atoms with Crippen LogP contribution in [0, 0.1) is 13.8 Å². The molecule has 5 heteroatoms. The predicted molar refractivity (Wildman–Crippen MR) is 92.5 cm³/mol. The molecule has 0 bridgehead atoms. The molecule has 1 aromatic heterocycles. The van der Waals surface area contributed by atoms with Gasteiger partial charge in [-0.05, 0) is 44.4 Å². The third-order valence-corrected chi connectivity index (χ3v) is 4.21. The highest BCUT2D eigenvalue weighted by molar-refractivity contribution is 6.32. The molecule has 0 amide bonds. The molecule has 124 valence electrons. The molecular formula is C18H23ClN2O2. The Morgan fingerprint density at radius 1 is 1.26 bits per heavy atom. The highest BCUT2D eigenvalue weighted by atomic mass is 35.5. The summed E-state index contributed by atoms with van der Waals surface area (Å²) in [5, 5.41) is 4.87. The second-order valence-electron chi connectivity index (χ2n) is 5.63. The highest BCUT2D eigenvalue weighted by Crippen LogP contribution is 2.23. The molecule has 2 aromatic rings. The van der Waals surface area contributed by atoms with Crippen LogP contribution in [0.5, 0.6) is 5.75 Å². The van der Waals surface area contributed by atoms with Crippen LogP contribution in [0.3, 0.4) is 0 Å². The second kappa shape index (κ2) is 8.16. The quantitative estimate of drug-likeness (QED) is 0.695. The van der Waals surface area contributed by atoms with Crippen LogP contribution in [0.15, 0.2) is 24.3 Å². The van der Waals surface area contributed by atoms with Gasteiger partial charge in [0.2, 0.25) is 0 Å². The number of hydrogen-bond acceptors (Lipinski definition) is 3. The summed E-state index contributed by atoms with van der Waals surface area (Å²) in [5.74, 6) is 0.319. The third-order valence-electron chi connectivity index (χ3n) is 3.90. The number of para-hydroxylation sites is 1. The monoisotopic (exact) mass is 334 g/mol. The van der Waals surface area contributed by atoms with E-state index in [2.05, 4.69) is 12.0 Å². The summed E-state index contributed by atoms with van der Waals surface area (Å²) in [6, 6.07) is 7.12. The van der Waals surface area contributed by atoms with E-state index in [0.717, 1.165) is 24.2 Å². The van der Waals surface area contributed by atoms with Gasteiger partial charge in [0.15, 0.2) is 6.61 Å². The Bertz CT molecular complexity index is 680. The molecule has 0 atom stereocenters. The minimum Gasteiger partial charge on any atom is -0.482 e. The van der Waals surface area contributed by atoms with Crippen LogP contribution < -0.4 is 4.74 Å². The topological polar surface area (TPSA) is 44.1 Å². The van der Waals surface area contributed by atoms with E-state index in [-0.39, 0.29) is 12.5 Å². The highest BCUT2D eigenvalue weighted by Gasteiger charge is 2.17. The minimum atomic E-state index is -0.188. The fraction of sp³-hybridized carbons (Fsp3) is 0.444. The molecule has 23 heavy (non-hydrogen) atoms. The molecule has 0 N–H and O–H groups in total. The summed E-state index contributed by atoms with van der Waals surface area (Å²) in [7, 11) is 0. The first-order valence-electron chi connectivity index (χ1n) is 8.00. The lowest BCUT2D eigenvalue weighted by Crippen LogP contribution is -2.21. The van der Waals surface area contributed by atoms with E-state index < -0.39 is 0 Å². The third kappa shape index (κ3) is 4.35. The zero-order valence-corrected chi connectivity index (χ0v) is 14.7. The van der Waals surface area contributed by atoms with E-state index in [0.29, 0.717) is 10.8 Å². The zero-order chi connectivity index (χ0) is 16.8. The molecule has 0 spiro atoms. The first-order chi connectivity index (χ1) is 11.0. The Hall–Kier alpha value is -1.81. The van der Waals surface area contributed by atoms with Gasteiger partial charge in [0.25, 0.3) is 5.91 Å². The van der Waals surface area contributed by atoms with Gasteiger partial charge in [0.1, 0.15) is 5.75 Å². The number of carbonyl (C=O) groups is 1. The molecule has 2 rings (SSSR count). The molecule has 1 heterocycles. The summed E-state index contributed by atoms with van der Waals surface area (Å²) in [6.45, 7) is 5.99. The molecule has 0 aliphatic heterocycles. The van der Waals surface area contributed by atoms with Gasteiger partial charge in [-0.3, -0.25) is 4.79 Å². The molecule has 0 saturated carbocycles. The lowest BCUT2D eigenvalue weighted by Gasteiger charge is -2.08. The van der Waals surface area contributed by atoms with Gasteiger partial charge in [0, 0.05) is 5.69 Å². The van der Waals surface area contributed by atoms with Crippen LogP contribution >= 0.6 is 11.6 Å². The van der Waals surface area contributed by atoms with E-state index in [9.17, 15) is 4.79 Å². The van der Waals surface area contributed by atoms with Crippen LogP contribution in [-0.4, -0.2) is 22.3 Å². The van der Waals surface area contributed by atoms with Crippen LogP contribution in [0.2, 0.25) is 5.02 Å². The number of rotatable bonds is 7. The van der Waals surface area contributed by atoms with Crippen LogP contribution in [-0.2, 0) is 6.42 Å². The van der Waals surface area contributed by atoms with Crippen molar-refractivity contribution in [3.8, 4) is 5.75 Å². The van der Waals surface area contributed by atoms with Crippen LogP contribution in [0.1, 0.15) is 47.9 Å². The Labute approximate surface area is 142 Å². The van der Waals surface area contributed by atoms with Gasteiger partial charge in [0.05, 0.1) is 10.7 Å². The molecule has 0 radical (unpaired) electrons. The van der Waals surface area contributed by atoms with Gasteiger partial charge in [-0.15, -0.1) is 0 Å². The molecule has 0 unspecified atom stereocenters. The van der Waals surface area contributed by atoms with E-state index in [1.54, 1.807) is 12.1 Å². The molecule has 0 saturated heterocycles. The molecule has 0 aliphatic carbocycles. The van der Waals surface area contributed by atoms with Crippen molar-refractivity contribution >= 4 is 17.5 Å². The van der Waals surface area contributed by atoms with Crippen molar-refractivity contribution in [2.45, 2.75) is 46.5 Å². The maximum atomic E-state index is 12.4. The summed E-state index contributed by atoms with van der Waals surface area (Å²) >= 11 is 6.03. The minimum absolute atomic E-state index is 0.0832. The summed E-state index contributed by atoms with van der Waals surface area (Å²) in [4.78, 5) is 12.4. The van der Waals surface area contributed by atoms with Gasteiger partial charge in [-0.25, -0.2) is 4.68 Å². The predicted octanol–water partition coefficient (Wildman–Crippen LogP) is 4.61. The lowest BCUT2D eigenvalue weighted by molar-refractivity contribution is 0.0818. The Morgan fingerprint density at radius 2 is 2.00 bits per heavy atom. The van der Waals surface area contributed by atoms with Crippen molar-refractivity contribution in [3.63, 3.8) is 0 Å². The molecule has 0 fully saturated rings. The number of hydrogen-bond donors (Lipinski definition) is 0. The number of ether oxygens (including phenoxy) is 1. The zero-order valence-electron chi connectivity index (χ0n) is 13.9. The molecule has 4 nitrogen and oxygen atoms in total. The lowest BCUT2D eigenvalue weighted by atomic mass is 10.1. The van der Waals surface area contributed by atoms with Crippen molar-refractivity contribution < 1.29 is 9.53 Å². The number of nitrogens with zero attached hydrogens (tertiary/aromatic N) is 2. The van der Waals surface area contributed by atoms with Crippen molar-refractivity contribution in [1.29, 1.82) is 0 Å². The molecular weight excluding hydrogens is 312 g/mol. The van der Waals surface area contributed by atoms with Crippen molar-refractivity contribution in [1.82, 2.24) is 9.78 Å². The van der Waals surface area contributed by atoms with Gasteiger partial charge >= 0.3 is 0 Å². The van der Waals surface area contributed by atoms with E-state index in [1.807, 2.05) is 26.0 Å². The van der Waals surface area contributed by atoms with E-state index in [1.165, 1.54) is 23.1 Å². The normalized spacial score (nSPS) is 10.8. The number of carbonyl (C=O) groups excluding carboxylic acids is 1. The molecule has 0 aliphatic rings. The van der Waals surface area contributed by atoms with E-state index >= 15 is 0 Å². The fourth-order valence-corrected chi connectivity index (χ4v) is 2.78. The first kappa shape index (κ1) is 17.5. The number of halogens is 1. The largest absolute Gasteiger partial charge is 0.482 e. The second-order valence-corrected chi connectivity index (χ2v) is 6.04. The van der Waals surface area contributed by atoms with Crippen molar-refractivity contribution in [3.05, 3.63) is 46.2 Å². The van der Waals surface area contributed by atoms with Gasteiger partial charge in [-0.1, -0.05) is 43.5 Å². The number of unbranched alkanes of at least 4 members (excludes halogenated alkanes) is 2. The maximum Gasteiger partial charge on any atom is 0.284 e. The standard InChI is InChI=1S/C18H23ClN2O2/c1-4-5-6-9-15-13(2)20-21(14(15)3)18(22)12-23-17-11-8-7-10-16(17)19/h7-8,10-11H,4-6,9,12H2,1-3H3. The SMILES string of the molecule is CCCCCc1c(C)nn(C(=O)COc2ccccc2Cl)c1C. The van der Waals surface area contributed by atoms with Crippen molar-refractivity contribution in [2.24, 2.45) is 0 Å². The average Bonchev–Trinajstić information content (AvgIpc) is 2.82. The first-order valence-corrected chi connectivity index (χ1v) is 8.38. The summed E-state index contributed by atoms with van der Waals surface area (Å²) in [6.07, 6.45) is 4.45. The number of benzene rings is 1. The van der Waals surface area contributed by atoms with E-state index in [4.69, 9.17) is 16.3 Å². The van der Waals surface area contributed by atoms with Crippen LogP contribution in [0.25, 0.3) is 0 Å². The average molecular weight is 335 g/mol. The molecule has 1 aromatic carbocycles. The van der Waals surface area contributed by atoms with Crippen LogP contribution in [0.4, 0.5) is 0 Å².